The third-order valence-electron chi connectivity index (χ3n) is 2.82. The molecule has 2 rings (SSSR count). The second kappa shape index (κ2) is 4.96. The summed E-state index contributed by atoms with van der Waals surface area (Å²) in [5.74, 6) is -0.503. The van der Waals surface area contributed by atoms with Crippen LogP contribution in [0.3, 0.4) is 0 Å². The molecule has 1 aromatic heterocycles. The van der Waals surface area contributed by atoms with Gasteiger partial charge in [-0.1, -0.05) is 0 Å². The molecule has 0 saturated heterocycles. The zero-order valence-corrected chi connectivity index (χ0v) is 10.2. The number of allylic oxidation sites excluding steroid dienone is 1. The Morgan fingerprint density at radius 2 is 2.00 bits per heavy atom. The van der Waals surface area contributed by atoms with Gasteiger partial charge in [0, 0.05) is 23.9 Å². The fraction of sp³-hybridized carbons (Fsp3) is 0.143. The van der Waals surface area contributed by atoms with E-state index in [4.69, 9.17) is 0 Å². The molecule has 3 nitrogen and oxygen atoms in total. The number of carbonyl (C=O) groups excluding carboxylic acids is 1. The number of ketones is 1. The lowest BCUT2D eigenvalue weighted by Gasteiger charge is -1.96. The van der Waals surface area contributed by atoms with Gasteiger partial charge in [0.05, 0.1) is 6.20 Å². The fourth-order valence-corrected chi connectivity index (χ4v) is 1.56. The van der Waals surface area contributed by atoms with Crippen molar-refractivity contribution in [1.82, 2.24) is 9.78 Å². The molecule has 0 radical (unpaired) electrons. The molecule has 18 heavy (non-hydrogen) atoms. The number of halogens is 1. The summed E-state index contributed by atoms with van der Waals surface area (Å²) in [6, 6.07) is 5.49. The second-order valence-electron chi connectivity index (χ2n) is 4.01. The Morgan fingerprint density at radius 1 is 1.33 bits per heavy atom. The molecule has 4 heteroatoms. The smallest absolute Gasteiger partial charge is 0.185 e. The minimum Gasteiger partial charge on any atom is -0.289 e. The van der Waals surface area contributed by atoms with Gasteiger partial charge in [0.2, 0.25) is 0 Å². The van der Waals surface area contributed by atoms with Gasteiger partial charge >= 0.3 is 0 Å². The normalized spacial score (nSPS) is 11.1. The van der Waals surface area contributed by atoms with Crippen LogP contribution in [0.25, 0.3) is 6.08 Å². The topological polar surface area (TPSA) is 34.9 Å². The SMILES string of the molecule is Cc1c(C=CC(=O)c2ccc(F)cc2)cnn1C. The van der Waals surface area contributed by atoms with Crippen molar-refractivity contribution in [2.45, 2.75) is 6.92 Å². The molecule has 0 fully saturated rings. The quantitative estimate of drug-likeness (QED) is 0.614. The highest BCUT2D eigenvalue weighted by Crippen LogP contribution is 2.10. The minimum absolute atomic E-state index is 0.154. The van der Waals surface area contributed by atoms with E-state index in [0.717, 1.165) is 11.3 Å². The molecule has 0 saturated carbocycles. The number of carbonyl (C=O) groups is 1. The summed E-state index contributed by atoms with van der Waals surface area (Å²) in [5.41, 5.74) is 2.35. The molecule has 0 amide bonds. The van der Waals surface area contributed by atoms with Crippen molar-refractivity contribution in [3.05, 3.63) is 59.2 Å². The van der Waals surface area contributed by atoms with Crippen molar-refractivity contribution >= 4 is 11.9 Å². The highest BCUT2D eigenvalue weighted by Gasteiger charge is 2.03. The lowest BCUT2D eigenvalue weighted by atomic mass is 10.1. The Bertz CT molecular complexity index is 597. The molecule has 0 bridgehead atoms. The monoisotopic (exact) mass is 244 g/mol. The summed E-state index contributed by atoms with van der Waals surface area (Å²) in [7, 11) is 1.84. The number of aromatic nitrogens is 2. The Balaban J connectivity index is 2.16. The average molecular weight is 244 g/mol. The maximum atomic E-state index is 12.7. The van der Waals surface area contributed by atoms with E-state index in [1.54, 1.807) is 17.0 Å². The van der Waals surface area contributed by atoms with Crippen LogP contribution in [-0.4, -0.2) is 15.6 Å². The first kappa shape index (κ1) is 12.2. The highest BCUT2D eigenvalue weighted by molar-refractivity contribution is 6.06. The molecule has 1 heterocycles. The van der Waals surface area contributed by atoms with Crippen molar-refractivity contribution < 1.29 is 9.18 Å². The lowest BCUT2D eigenvalue weighted by molar-refractivity contribution is 0.104. The summed E-state index contributed by atoms with van der Waals surface area (Å²) in [4.78, 5) is 11.8. The lowest BCUT2D eigenvalue weighted by Crippen LogP contribution is -1.94. The molecule has 2 aromatic rings. The van der Waals surface area contributed by atoms with Gasteiger partial charge in [-0.2, -0.15) is 5.10 Å². The number of benzene rings is 1. The number of hydrogen-bond acceptors (Lipinski definition) is 2. The first-order chi connectivity index (χ1) is 8.58. The zero-order valence-electron chi connectivity index (χ0n) is 10.2. The van der Waals surface area contributed by atoms with Gasteiger partial charge in [-0.3, -0.25) is 9.48 Å². The molecule has 0 spiro atoms. The standard InChI is InChI=1S/C14H13FN2O/c1-10-12(9-16-17(10)2)5-8-14(18)11-3-6-13(15)7-4-11/h3-9H,1-2H3. The second-order valence-corrected chi connectivity index (χ2v) is 4.01. The van der Waals surface area contributed by atoms with E-state index < -0.39 is 0 Å². The van der Waals surface area contributed by atoms with Gasteiger partial charge < -0.3 is 0 Å². The zero-order chi connectivity index (χ0) is 13.1. The van der Waals surface area contributed by atoms with Crippen LogP contribution in [0.4, 0.5) is 4.39 Å². The van der Waals surface area contributed by atoms with E-state index in [1.807, 2.05) is 14.0 Å². The van der Waals surface area contributed by atoms with Crippen LogP contribution < -0.4 is 0 Å². The predicted octanol–water partition coefficient (Wildman–Crippen LogP) is 2.76. The Labute approximate surface area is 105 Å². The van der Waals surface area contributed by atoms with Crippen molar-refractivity contribution in [1.29, 1.82) is 0 Å². The molecule has 92 valence electrons. The molecule has 0 N–H and O–H groups in total. The summed E-state index contributed by atoms with van der Waals surface area (Å²) < 4.78 is 14.5. The Kier molecular flexibility index (Phi) is 3.37. The average Bonchev–Trinajstić information content (AvgIpc) is 2.68. The largest absolute Gasteiger partial charge is 0.289 e. The van der Waals surface area contributed by atoms with E-state index in [0.29, 0.717) is 5.56 Å². The first-order valence-electron chi connectivity index (χ1n) is 5.54. The first-order valence-corrected chi connectivity index (χ1v) is 5.54. The Morgan fingerprint density at radius 3 is 2.56 bits per heavy atom. The van der Waals surface area contributed by atoms with Crippen LogP contribution in [0.2, 0.25) is 0 Å². The molecule has 0 aliphatic rings. The summed E-state index contributed by atoms with van der Waals surface area (Å²) in [5, 5.41) is 4.08. The summed E-state index contributed by atoms with van der Waals surface area (Å²) in [6.07, 6.45) is 4.88. The van der Waals surface area contributed by atoms with E-state index in [9.17, 15) is 9.18 Å². The van der Waals surface area contributed by atoms with Gasteiger partial charge in [-0.05, 0) is 43.3 Å². The number of nitrogens with zero attached hydrogens (tertiary/aromatic N) is 2. The van der Waals surface area contributed by atoms with Gasteiger partial charge in [0.25, 0.3) is 0 Å². The number of aryl methyl sites for hydroxylation is 1. The molecule has 0 aliphatic carbocycles. The van der Waals surface area contributed by atoms with Crippen molar-refractivity contribution in [3.8, 4) is 0 Å². The van der Waals surface area contributed by atoms with E-state index in [-0.39, 0.29) is 11.6 Å². The molecule has 0 aliphatic heterocycles. The van der Waals surface area contributed by atoms with Crippen LogP contribution in [-0.2, 0) is 7.05 Å². The van der Waals surface area contributed by atoms with Crippen molar-refractivity contribution in [3.63, 3.8) is 0 Å². The summed E-state index contributed by atoms with van der Waals surface area (Å²) >= 11 is 0. The molecular formula is C14H13FN2O. The number of rotatable bonds is 3. The van der Waals surface area contributed by atoms with Crippen molar-refractivity contribution in [2.24, 2.45) is 7.05 Å². The minimum atomic E-state index is -0.348. The highest BCUT2D eigenvalue weighted by atomic mass is 19.1. The van der Waals surface area contributed by atoms with Crippen molar-refractivity contribution in [2.75, 3.05) is 0 Å². The molecule has 0 unspecified atom stereocenters. The third kappa shape index (κ3) is 2.53. The Hall–Kier alpha value is -2.23. The maximum Gasteiger partial charge on any atom is 0.185 e. The van der Waals surface area contributed by atoms with E-state index in [1.165, 1.54) is 30.3 Å². The van der Waals surface area contributed by atoms with E-state index in [2.05, 4.69) is 5.10 Å². The van der Waals surface area contributed by atoms with Crippen LogP contribution in [0.15, 0.2) is 36.5 Å². The molecular weight excluding hydrogens is 231 g/mol. The van der Waals surface area contributed by atoms with Gasteiger partial charge in [0.1, 0.15) is 5.82 Å². The maximum absolute atomic E-state index is 12.7. The number of hydrogen-bond donors (Lipinski definition) is 0. The predicted molar refractivity (Wildman–Crippen MR) is 67.7 cm³/mol. The fourth-order valence-electron chi connectivity index (χ4n) is 1.56. The third-order valence-corrected chi connectivity index (χ3v) is 2.82. The summed E-state index contributed by atoms with van der Waals surface area (Å²) in [6.45, 7) is 1.93. The van der Waals surface area contributed by atoms with Crippen LogP contribution in [0.5, 0.6) is 0 Å². The molecule has 0 atom stereocenters. The van der Waals surface area contributed by atoms with Crippen LogP contribution in [0.1, 0.15) is 21.6 Å². The van der Waals surface area contributed by atoms with Gasteiger partial charge in [-0.25, -0.2) is 4.39 Å². The van der Waals surface area contributed by atoms with E-state index >= 15 is 0 Å². The van der Waals surface area contributed by atoms with Crippen LogP contribution in [0, 0.1) is 12.7 Å². The van der Waals surface area contributed by atoms with Crippen LogP contribution >= 0.6 is 0 Å². The van der Waals surface area contributed by atoms with Gasteiger partial charge in [0.15, 0.2) is 5.78 Å². The molecule has 1 aromatic carbocycles. The van der Waals surface area contributed by atoms with Gasteiger partial charge in [-0.15, -0.1) is 0 Å².